The van der Waals surface area contributed by atoms with Crippen LogP contribution in [0.1, 0.15) is 50.6 Å². The van der Waals surface area contributed by atoms with Gasteiger partial charge in [-0.3, -0.25) is 4.99 Å². The largest absolute Gasteiger partial charge is 0.382 e. The molecule has 0 spiro atoms. The minimum absolute atomic E-state index is 0.308. The molecule has 1 atom stereocenters. The van der Waals surface area contributed by atoms with Crippen LogP contribution in [0.2, 0.25) is 0 Å². The van der Waals surface area contributed by atoms with Crippen LogP contribution in [0.4, 0.5) is 0 Å². The molecular formula is C22H38N4O. The summed E-state index contributed by atoms with van der Waals surface area (Å²) in [6.07, 6.45) is 6.37. The Morgan fingerprint density at radius 1 is 1.19 bits per heavy atom. The highest BCUT2D eigenvalue weighted by atomic mass is 16.5. The number of ether oxygens (including phenoxy) is 1. The molecule has 0 saturated heterocycles. The second-order valence-electron chi connectivity index (χ2n) is 7.85. The molecule has 0 amide bonds. The van der Waals surface area contributed by atoms with Crippen molar-refractivity contribution in [3.8, 4) is 0 Å². The van der Waals surface area contributed by atoms with Crippen molar-refractivity contribution in [2.45, 2.75) is 45.1 Å². The molecule has 0 bridgehead atoms. The number of aliphatic imine (C=N–C) groups is 1. The van der Waals surface area contributed by atoms with E-state index in [4.69, 9.17) is 4.74 Å². The molecule has 152 valence electrons. The van der Waals surface area contributed by atoms with Gasteiger partial charge in [0.15, 0.2) is 5.96 Å². The van der Waals surface area contributed by atoms with Crippen LogP contribution in [0.3, 0.4) is 0 Å². The maximum Gasteiger partial charge on any atom is 0.191 e. The molecule has 1 aliphatic carbocycles. The summed E-state index contributed by atoms with van der Waals surface area (Å²) < 4.78 is 5.63. The number of nitrogens with one attached hydrogen (secondary N) is 2. The Morgan fingerprint density at radius 3 is 2.48 bits per heavy atom. The van der Waals surface area contributed by atoms with Gasteiger partial charge in [0.1, 0.15) is 0 Å². The first kappa shape index (κ1) is 21.7. The summed E-state index contributed by atoms with van der Waals surface area (Å²) in [5.41, 5.74) is 1.67. The van der Waals surface area contributed by atoms with Gasteiger partial charge in [-0.15, -0.1) is 0 Å². The molecule has 5 heteroatoms. The molecule has 2 rings (SSSR count). The molecule has 1 aromatic rings. The van der Waals surface area contributed by atoms with Gasteiger partial charge in [-0.1, -0.05) is 43.2 Å². The van der Waals surface area contributed by atoms with Crippen LogP contribution < -0.4 is 10.6 Å². The highest BCUT2D eigenvalue weighted by Crippen LogP contribution is 2.40. The predicted octanol–water partition coefficient (Wildman–Crippen LogP) is 3.44. The van der Waals surface area contributed by atoms with Gasteiger partial charge in [-0.05, 0) is 51.3 Å². The van der Waals surface area contributed by atoms with Gasteiger partial charge in [0.05, 0.1) is 6.04 Å². The van der Waals surface area contributed by atoms with Crippen molar-refractivity contribution in [1.82, 2.24) is 15.5 Å². The van der Waals surface area contributed by atoms with Crippen molar-refractivity contribution in [3.63, 3.8) is 0 Å². The van der Waals surface area contributed by atoms with E-state index in [1.165, 1.54) is 31.2 Å². The zero-order valence-electron chi connectivity index (χ0n) is 17.6. The Labute approximate surface area is 165 Å². The summed E-state index contributed by atoms with van der Waals surface area (Å²) in [6, 6.07) is 10.9. The van der Waals surface area contributed by atoms with E-state index in [0.29, 0.717) is 11.5 Å². The molecule has 0 radical (unpaired) electrons. The number of guanidine groups is 1. The van der Waals surface area contributed by atoms with Crippen molar-refractivity contribution in [1.29, 1.82) is 0 Å². The summed E-state index contributed by atoms with van der Waals surface area (Å²) in [5.74, 6) is 0.889. The van der Waals surface area contributed by atoms with E-state index in [0.717, 1.165) is 38.7 Å². The topological polar surface area (TPSA) is 48.9 Å². The number of hydrogen-bond acceptors (Lipinski definition) is 3. The van der Waals surface area contributed by atoms with Crippen molar-refractivity contribution in [3.05, 3.63) is 35.9 Å². The molecular weight excluding hydrogens is 336 g/mol. The predicted molar refractivity (Wildman–Crippen MR) is 114 cm³/mol. The van der Waals surface area contributed by atoms with Crippen LogP contribution in [0.15, 0.2) is 35.3 Å². The van der Waals surface area contributed by atoms with Crippen LogP contribution in [-0.4, -0.2) is 58.3 Å². The zero-order chi connectivity index (χ0) is 19.5. The highest BCUT2D eigenvalue weighted by molar-refractivity contribution is 5.79. The first-order valence-corrected chi connectivity index (χ1v) is 10.3. The fourth-order valence-electron chi connectivity index (χ4n) is 4.03. The summed E-state index contributed by atoms with van der Waals surface area (Å²) in [4.78, 5) is 6.69. The van der Waals surface area contributed by atoms with E-state index in [2.05, 4.69) is 71.9 Å². The van der Waals surface area contributed by atoms with Crippen molar-refractivity contribution >= 4 is 5.96 Å². The minimum Gasteiger partial charge on any atom is -0.382 e. The average molecular weight is 375 g/mol. The summed E-state index contributed by atoms with van der Waals surface area (Å²) >= 11 is 0. The van der Waals surface area contributed by atoms with Crippen LogP contribution in [-0.2, 0) is 4.74 Å². The van der Waals surface area contributed by atoms with E-state index < -0.39 is 0 Å². The summed E-state index contributed by atoms with van der Waals surface area (Å²) in [6.45, 7) is 5.53. The molecule has 1 saturated carbocycles. The van der Waals surface area contributed by atoms with E-state index >= 15 is 0 Å². The van der Waals surface area contributed by atoms with Crippen LogP contribution >= 0.6 is 0 Å². The minimum atomic E-state index is 0.308. The fourth-order valence-corrected chi connectivity index (χ4v) is 4.03. The molecule has 0 aliphatic heterocycles. The molecule has 2 N–H and O–H groups in total. The maximum absolute atomic E-state index is 5.63. The van der Waals surface area contributed by atoms with E-state index in [1.54, 1.807) is 0 Å². The average Bonchev–Trinajstić information content (AvgIpc) is 3.14. The lowest BCUT2D eigenvalue weighted by Gasteiger charge is -2.31. The third-order valence-corrected chi connectivity index (χ3v) is 5.77. The highest BCUT2D eigenvalue weighted by Gasteiger charge is 2.33. The molecule has 0 aromatic heterocycles. The molecule has 1 unspecified atom stereocenters. The second kappa shape index (κ2) is 11.3. The van der Waals surface area contributed by atoms with Gasteiger partial charge in [0, 0.05) is 33.4 Å². The van der Waals surface area contributed by atoms with Gasteiger partial charge in [0.25, 0.3) is 0 Å². The lowest BCUT2D eigenvalue weighted by Crippen LogP contribution is -2.45. The third-order valence-electron chi connectivity index (χ3n) is 5.77. The van der Waals surface area contributed by atoms with Crippen molar-refractivity contribution in [2.75, 3.05) is 47.4 Å². The van der Waals surface area contributed by atoms with Crippen molar-refractivity contribution < 1.29 is 4.74 Å². The summed E-state index contributed by atoms with van der Waals surface area (Å²) in [7, 11) is 6.09. The zero-order valence-corrected chi connectivity index (χ0v) is 17.6. The van der Waals surface area contributed by atoms with Crippen LogP contribution in [0, 0.1) is 5.41 Å². The Morgan fingerprint density at radius 2 is 1.89 bits per heavy atom. The smallest absolute Gasteiger partial charge is 0.191 e. The maximum atomic E-state index is 5.63. The number of likely N-dealkylation sites (N-methyl/N-ethyl adjacent to an activating group) is 1. The third kappa shape index (κ3) is 6.82. The van der Waals surface area contributed by atoms with E-state index in [9.17, 15) is 0 Å². The monoisotopic (exact) mass is 374 g/mol. The molecule has 27 heavy (non-hydrogen) atoms. The molecule has 1 aliphatic rings. The van der Waals surface area contributed by atoms with Gasteiger partial charge in [-0.25, -0.2) is 0 Å². The lowest BCUT2D eigenvalue weighted by molar-refractivity contribution is 0.105. The molecule has 1 aromatic carbocycles. The van der Waals surface area contributed by atoms with Crippen molar-refractivity contribution in [2.24, 2.45) is 10.4 Å². The summed E-state index contributed by atoms with van der Waals surface area (Å²) in [5, 5.41) is 7.11. The lowest BCUT2D eigenvalue weighted by atomic mass is 9.83. The van der Waals surface area contributed by atoms with Gasteiger partial charge in [-0.2, -0.15) is 0 Å². The number of nitrogens with zero attached hydrogens (tertiary/aromatic N) is 2. The Hall–Kier alpha value is -1.59. The quantitative estimate of drug-likeness (QED) is 0.374. The molecule has 1 fully saturated rings. The normalized spacial score (nSPS) is 17.9. The van der Waals surface area contributed by atoms with E-state index in [-0.39, 0.29) is 0 Å². The fraction of sp³-hybridized carbons (Fsp3) is 0.682. The van der Waals surface area contributed by atoms with E-state index in [1.807, 2.05) is 7.05 Å². The number of hydrogen-bond donors (Lipinski definition) is 2. The molecule has 0 heterocycles. The SMILES string of the molecule is CCOCCC1(CNC(=NC)NCC(c2ccccc2)N(C)C)CCCC1. The Balaban J connectivity index is 1.88. The first-order chi connectivity index (χ1) is 13.1. The van der Waals surface area contributed by atoms with Gasteiger partial charge >= 0.3 is 0 Å². The van der Waals surface area contributed by atoms with Gasteiger partial charge in [0.2, 0.25) is 0 Å². The standard InChI is InChI=1S/C22H38N4O/c1-5-27-16-15-22(13-9-10-14-22)18-25-21(23-2)24-17-20(26(3)4)19-11-7-6-8-12-19/h6-8,11-12,20H,5,9-10,13-18H2,1-4H3,(H2,23,24,25). The Bertz CT molecular complexity index is 553. The van der Waals surface area contributed by atoms with Gasteiger partial charge < -0.3 is 20.3 Å². The molecule has 5 nitrogen and oxygen atoms in total. The second-order valence-corrected chi connectivity index (χ2v) is 7.85. The number of benzene rings is 1. The number of rotatable bonds is 10. The Kier molecular flexibility index (Phi) is 9.08. The van der Waals surface area contributed by atoms with Crippen LogP contribution in [0.5, 0.6) is 0 Å². The first-order valence-electron chi connectivity index (χ1n) is 10.3. The van der Waals surface area contributed by atoms with Crippen LogP contribution in [0.25, 0.3) is 0 Å².